The van der Waals surface area contributed by atoms with Gasteiger partial charge in [0, 0.05) is 18.3 Å². The van der Waals surface area contributed by atoms with Gasteiger partial charge >= 0.3 is 5.69 Å². The second-order valence-corrected chi connectivity index (χ2v) is 3.86. The molecule has 0 radical (unpaired) electrons. The number of nitrogens with one attached hydrogen (secondary N) is 1. The molecule has 0 atom stereocenters. The molecule has 2 aromatic heterocycles. The van der Waals surface area contributed by atoms with E-state index in [1.807, 2.05) is 0 Å². The quantitative estimate of drug-likeness (QED) is 0.628. The van der Waals surface area contributed by atoms with Gasteiger partial charge in [0.2, 0.25) is 11.7 Å². The summed E-state index contributed by atoms with van der Waals surface area (Å²) in [5.41, 5.74) is 0.426. The molecule has 0 amide bonds. The first-order valence-electron chi connectivity index (χ1n) is 5.92. The van der Waals surface area contributed by atoms with Crippen molar-refractivity contribution in [2.24, 2.45) is 0 Å². The molecule has 9 heteroatoms. The zero-order valence-electron chi connectivity index (χ0n) is 11.4. The molecule has 0 saturated heterocycles. The molecule has 21 heavy (non-hydrogen) atoms. The van der Waals surface area contributed by atoms with Gasteiger partial charge in [-0.1, -0.05) is 6.07 Å². The van der Waals surface area contributed by atoms with E-state index >= 15 is 0 Å². The van der Waals surface area contributed by atoms with Crippen LogP contribution in [0.25, 0.3) is 0 Å². The lowest BCUT2D eigenvalue weighted by Gasteiger charge is -2.09. The standard InChI is InChI=1S/C12H13N5O4/c1-20-11-8(4-3-5-13-11)6-14-10-9(17(18)19)12(21-2)16-7-15-10/h3-5,7H,6H2,1-2H3,(H,14,15,16). The second-order valence-electron chi connectivity index (χ2n) is 3.86. The van der Waals surface area contributed by atoms with E-state index in [9.17, 15) is 10.1 Å². The van der Waals surface area contributed by atoms with Gasteiger partial charge < -0.3 is 14.8 Å². The van der Waals surface area contributed by atoms with E-state index in [4.69, 9.17) is 9.47 Å². The Labute approximate surface area is 120 Å². The van der Waals surface area contributed by atoms with Gasteiger partial charge in [0.25, 0.3) is 5.88 Å². The SMILES string of the molecule is COc1ncccc1CNc1ncnc(OC)c1[N+](=O)[O-]. The maximum Gasteiger partial charge on any atom is 0.372 e. The van der Waals surface area contributed by atoms with E-state index in [2.05, 4.69) is 20.3 Å². The van der Waals surface area contributed by atoms with Crippen molar-refractivity contribution < 1.29 is 14.4 Å². The molecular formula is C12H13N5O4. The first-order valence-corrected chi connectivity index (χ1v) is 5.92. The van der Waals surface area contributed by atoms with Crippen LogP contribution in [0.5, 0.6) is 11.8 Å². The Morgan fingerprint density at radius 1 is 1.24 bits per heavy atom. The third-order valence-electron chi connectivity index (χ3n) is 2.65. The molecule has 0 aliphatic heterocycles. The molecule has 0 aliphatic carbocycles. The highest BCUT2D eigenvalue weighted by molar-refractivity contribution is 5.61. The molecule has 9 nitrogen and oxygen atoms in total. The Bertz CT molecular complexity index is 649. The fourth-order valence-corrected chi connectivity index (χ4v) is 1.73. The van der Waals surface area contributed by atoms with Crippen LogP contribution in [0.3, 0.4) is 0 Å². The first-order chi connectivity index (χ1) is 10.2. The van der Waals surface area contributed by atoms with Crippen LogP contribution in [0.1, 0.15) is 5.56 Å². The van der Waals surface area contributed by atoms with Crippen LogP contribution in [0.2, 0.25) is 0 Å². The van der Waals surface area contributed by atoms with Crippen LogP contribution in [-0.2, 0) is 6.54 Å². The largest absolute Gasteiger partial charge is 0.481 e. The van der Waals surface area contributed by atoms with Crippen molar-refractivity contribution in [3.8, 4) is 11.8 Å². The number of hydrogen-bond donors (Lipinski definition) is 1. The Balaban J connectivity index is 2.26. The minimum atomic E-state index is -0.596. The van der Waals surface area contributed by atoms with Crippen LogP contribution in [0, 0.1) is 10.1 Å². The summed E-state index contributed by atoms with van der Waals surface area (Å²) in [4.78, 5) is 22.1. The summed E-state index contributed by atoms with van der Waals surface area (Å²) in [6.45, 7) is 0.262. The minimum Gasteiger partial charge on any atom is -0.481 e. The van der Waals surface area contributed by atoms with E-state index < -0.39 is 4.92 Å². The van der Waals surface area contributed by atoms with Crippen molar-refractivity contribution in [1.82, 2.24) is 15.0 Å². The van der Waals surface area contributed by atoms with Crippen LogP contribution in [-0.4, -0.2) is 34.1 Å². The van der Waals surface area contributed by atoms with Gasteiger partial charge in [-0.05, 0) is 6.07 Å². The molecule has 0 bridgehead atoms. The second kappa shape index (κ2) is 6.46. The van der Waals surface area contributed by atoms with Gasteiger partial charge in [-0.15, -0.1) is 0 Å². The van der Waals surface area contributed by atoms with E-state index in [-0.39, 0.29) is 23.9 Å². The number of ether oxygens (including phenoxy) is 2. The molecule has 2 heterocycles. The van der Waals surface area contributed by atoms with Crippen molar-refractivity contribution >= 4 is 11.5 Å². The van der Waals surface area contributed by atoms with Crippen LogP contribution >= 0.6 is 0 Å². The van der Waals surface area contributed by atoms with Gasteiger partial charge in [0.15, 0.2) is 0 Å². The zero-order chi connectivity index (χ0) is 15.2. The highest BCUT2D eigenvalue weighted by Crippen LogP contribution is 2.30. The average molecular weight is 291 g/mol. The van der Waals surface area contributed by atoms with Crippen molar-refractivity contribution in [3.05, 3.63) is 40.3 Å². The molecule has 0 spiro atoms. The maximum absolute atomic E-state index is 11.1. The molecule has 110 valence electrons. The lowest BCUT2D eigenvalue weighted by molar-refractivity contribution is -0.385. The topological polar surface area (TPSA) is 112 Å². The summed E-state index contributed by atoms with van der Waals surface area (Å²) in [7, 11) is 2.81. The highest BCUT2D eigenvalue weighted by atomic mass is 16.6. The Hall–Kier alpha value is -2.97. The van der Waals surface area contributed by atoms with Crippen molar-refractivity contribution in [3.63, 3.8) is 0 Å². The van der Waals surface area contributed by atoms with Crippen molar-refractivity contribution in [2.75, 3.05) is 19.5 Å². The number of hydrogen-bond acceptors (Lipinski definition) is 8. The monoisotopic (exact) mass is 291 g/mol. The van der Waals surface area contributed by atoms with Gasteiger partial charge in [-0.2, -0.15) is 4.98 Å². The van der Waals surface area contributed by atoms with E-state index in [1.54, 1.807) is 18.3 Å². The Morgan fingerprint density at radius 3 is 2.67 bits per heavy atom. The molecule has 0 aromatic carbocycles. The number of anilines is 1. The van der Waals surface area contributed by atoms with Crippen molar-refractivity contribution in [2.45, 2.75) is 6.54 Å². The van der Waals surface area contributed by atoms with E-state index in [0.717, 1.165) is 5.56 Å². The third-order valence-corrected chi connectivity index (χ3v) is 2.65. The van der Waals surface area contributed by atoms with Crippen LogP contribution in [0.4, 0.5) is 11.5 Å². The summed E-state index contributed by atoms with van der Waals surface area (Å²) in [5.74, 6) is 0.405. The fourth-order valence-electron chi connectivity index (χ4n) is 1.73. The number of methoxy groups -OCH3 is 2. The number of rotatable bonds is 6. The van der Waals surface area contributed by atoms with Gasteiger partial charge in [-0.3, -0.25) is 10.1 Å². The fraction of sp³-hybridized carbons (Fsp3) is 0.250. The van der Waals surface area contributed by atoms with E-state index in [1.165, 1.54) is 20.5 Å². The molecule has 0 unspecified atom stereocenters. The smallest absolute Gasteiger partial charge is 0.372 e. The lowest BCUT2D eigenvalue weighted by atomic mass is 10.2. The van der Waals surface area contributed by atoms with Crippen LogP contribution in [0.15, 0.2) is 24.7 Å². The van der Waals surface area contributed by atoms with Gasteiger partial charge in [0.1, 0.15) is 6.33 Å². The molecule has 0 fully saturated rings. The normalized spacial score (nSPS) is 10.0. The van der Waals surface area contributed by atoms with E-state index in [0.29, 0.717) is 5.88 Å². The minimum absolute atomic E-state index is 0.0674. The van der Waals surface area contributed by atoms with Gasteiger partial charge in [-0.25, -0.2) is 9.97 Å². The summed E-state index contributed by atoms with van der Waals surface area (Å²) in [6, 6.07) is 3.54. The predicted molar refractivity (Wildman–Crippen MR) is 73.4 cm³/mol. The maximum atomic E-state index is 11.1. The first kappa shape index (κ1) is 14.4. The predicted octanol–water partition coefficient (Wildman–Crippen LogP) is 1.41. The summed E-state index contributed by atoms with van der Waals surface area (Å²) >= 11 is 0. The average Bonchev–Trinajstić information content (AvgIpc) is 2.52. The number of nitrogens with zero attached hydrogens (tertiary/aromatic N) is 4. The summed E-state index contributed by atoms with van der Waals surface area (Å²) in [6.07, 6.45) is 2.78. The zero-order valence-corrected chi connectivity index (χ0v) is 11.4. The molecular weight excluding hydrogens is 278 g/mol. The van der Waals surface area contributed by atoms with Gasteiger partial charge in [0.05, 0.1) is 19.1 Å². The summed E-state index contributed by atoms with van der Waals surface area (Å²) < 4.78 is 9.99. The Kier molecular flexibility index (Phi) is 4.44. The molecule has 0 saturated carbocycles. The molecule has 2 aromatic rings. The number of aromatic nitrogens is 3. The molecule has 1 N–H and O–H groups in total. The highest BCUT2D eigenvalue weighted by Gasteiger charge is 2.23. The molecule has 2 rings (SSSR count). The summed E-state index contributed by atoms with van der Waals surface area (Å²) in [5, 5.41) is 14.0. The number of pyridine rings is 1. The third kappa shape index (κ3) is 3.14. The Morgan fingerprint density at radius 2 is 2.00 bits per heavy atom. The van der Waals surface area contributed by atoms with Crippen molar-refractivity contribution in [1.29, 1.82) is 0 Å². The lowest BCUT2D eigenvalue weighted by Crippen LogP contribution is -2.08. The van der Waals surface area contributed by atoms with Crippen LogP contribution < -0.4 is 14.8 Å². The molecule has 0 aliphatic rings. The number of nitro groups is 1.